The van der Waals surface area contributed by atoms with Crippen LogP contribution in [0.25, 0.3) is 0 Å². The van der Waals surface area contributed by atoms with Crippen molar-refractivity contribution >= 4 is 0 Å². The van der Waals surface area contributed by atoms with Crippen molar-refractivity contribution < 1.29 is 0 Å². The van der Waals surface area contributed by atoms with Crippen molar-refractivity contribution in [2.75, 3.05) is 33.2 Å². The van der Waals surface area contributed by atoms with Gasteiger partial charge in [0.2, 0.25) is 0 Å². The second-order valence-electron chi connectivity index (χ2n) is 7.10. The maximum atomic E-state index is 2.81. The summed E-state index contributed by atoms with van der Waals surface area (Å²) in [7, 11) is 2.25. The van der Waals surface area contributed by atoms with Gasteiger partial charge in [0.15, 0.2) is 0 Å². The van der Waals surface area contributed by atoms with Gasteiger partial charge in [0.25, 0.3) is 0 Å². The van der Waals surface area contributed by atoms with Crippen LogP contribution >= 0.6 is 0 Å². The van der Waals surface area contributed by atoms with Crippen molar-refractivity contribution in [3.05, 3.63) is 0 Å². The molecule has 0 aromatic heterocycles. The summed E-state index contributed by atoms with van der Waals surface area (Å²) in [5.74, 6) is 0. The number of piperazine rings is 1. The maximum Gasteiger partial charge on any atom is 0.0227 e. The summed E-state index contributed by atoms with van der Waals surface area (Å²) in [4.78, 5) is 7.96. The molecule has 2 rings (SSSR count). The van der Waals surface area contributed by atoms with E-state index in [1.165, 1.54) is 45.4 Å². The van der Waals surface area contributed by atoms with Gasteiger partial charge >= 0.3 is 0 Å². The fourth-order valence-electron chi connectivity index (χ4n) is 3.57. The molecule has 0 spiro atoms. The Bertz CT molecular complexity index is 263. The number of nitrogens with zero attached hydrogens (tertiary/aromatic N) is 3. The Balaban J connectivity index is 1.77. The zero-order valence-electron chi connectivity index (χ0n) is 13.6. The van der Waals surface area contributed by atoms with E-state index >= 15 is 0 Å². The summed E-state index contributed by atoms with van der Waals surface area (Å²) < 4.78 is 0. The van der Waals surface area contributed by atoms with Crippen molar-refractivity contribution in [1.82, 2.24) is 14.7 Å². The molecule has 0 saturated carbocycles. The van der Waals surface area contributed by atoms with E-state index in [2.05, 4.69) is 49.4 Å². The van der Waals surface area contributed by atoms with Crippen LogP contribution in [0.1, 0.15) is 47.0 Å². The molecule has 2 aliphatic rings. The molecular formula is C16H33N3. The molecule has 2 bridgehead atoms. The first kappa shape index (κ1) is 15.3. The van der Waals surface area contributed by atoms with Crippen molar-refractivity contribution in [2.24, 2.45) is 0 Å². The Hall–Kier alpha value is -0.120. The molecular weight excluding hydrogens is 234 g/mol. The van der Waals surface area contributed by atoms with Crippen LogP contribution in [0.4, 0.5) is 0 Å². The lowest BCUT2D eigenvalue weighted by molar-refractivity contribution is 0.0467. The monoisotopic (exact) mass is 267 g/mol. The van der Waals surface area contributed by atoms with Crippen LogP contribution in [0.15, 0.2) is 0 Å². The molecule has 0 aromatic rings. The van der Waals surface area contributed by atoms with Crippen LogP contribution in [0.3, 0.4) is 0 Å². The fraction of sp³-hybridized carbons (Fsp3) is 1.00. The topological polar surface area (TPSA) is 9.72 Å². The zero-order chi connectivity index (χ0) is 14.0. The molecule has 2 fully saturated rings. The molecule has 0 aliphatic carbocycles. The quantitative estimate of drug-likeness (QED) is 0.731. The van der Waals surface area contributed by atoms with Gasteiger partial charge in [-0.05, 0) is 60.5 Å². The van der Waals surface area contributed by atoms with Crippen LogP contribution in [-0.2, 0) is 0 Å². The summed E-state index contributed by atoms with van der Waals surface area (Å²) in [6, 6.07) is 3.07. The molecule has 0 aromatic carbocycles. The van der Waals surface area contributed by atoms with Crippen molar-refractivity contribution in [1.29, 1.82) is 0 Å². The second-order valence-corrected chi connectivity index (χ2v) is 7.10. The minimum Gasteiger partial charge on any atom is -0.304 e. The van der Waals surface area contributed by atoms with E-state index in [1.807, 2.05) is 0 Å². The molecule has 19 heavy (non-hydrogen) atoms. The smallest absolute Gasteiger partial charge is 0.0227 e. The van der Waals surface area contributed by atoms with Gasteiger partial charge in [0.1, 0.15) is 0 Å². The van der Waals surface area contributed by atoms with E-state index in [0.29, 0.717) is 6.04 Å². The van der Waals surface area contributed by atoms with Gasteiger partial charge in [0, 0.05) is 43.8 Å². The van der Waals surface area contributed by atoms with E-state index in [0.717, 1.165) is 18.1 Å². The minimum atomic E-state index is 0.675. The summed E-state index contributed by atoms with van der Waals surface area (Å²) in [5, 5.41) is 0. The average molecular weight is 267 g/mol. The van der Waals surface area contributed by atoms with Crippen molar-refractivity contribution in [2.45, 2.75) is 71.1 Å². The fourth-order valence-corrected chi connectivity index (χ4v) is 3.57. The Labute approximate surface area is 119 Å². The van der Waals surface area contributed by atoms with Gasteiger partial charge in [-0.1, -0.05) is 0 Å². The van der Waals surface area contributed by atoms with Crippen LogP contribution in [-0.4, -0.2) is 72.1 Å². The van der Waals surface area contributed by atoms with Crippen LogP contribution in [0, 0.1) is 0 Å². The van der Waals surface area contributed by atoms with Gasteiger partial charge in [-0.15, -0.1) is 0 Å². The van der Waals surface area contributed by atoms with E-state index < -0.39 is 0 Å². The van der Waals surface area contributed by atoms with Crippen LogP contribution in [0.2, 0.25) is 0 Å². The Morgan fingerprint density at radius 2 is 1.63 bits per heavy atom. The SMILES string of the molecule is CC(C)N(C)CCCN1C2CCC1CN(C(C)C)C2. The molecule has 2 heterocycles. The molecule has 3 nitrogen and oxygen atoms in total. The highest BCUT2D eigenvalue weighted by molar-refractivity contribution is 4.96. The highest BCUT2D eigenvalue weighted by Gasteiger charge is 2.39. The average Bonchev–Trinajstić information content (AvgIpc) is 2.60. The predicted octanol–water partition coefficient (Wildman–Crippen LogP) is 2.27. The zero-order valence-corrected chi connectivity index (χ0v) is 13.6. The summed E-state index contributed by atoms with van der Waals surface area (Å²) in [6.45, 7) is 14.4. The predicted molar refractivity (Wildman–Crippen MR) is 82.6 cm³/mol. The molecule has 0 amide bonds. The first-order valence-corrected chi connectivity index (χ1v) is 8.19. The Morgan fingerprint density at radius 1 is 1.05 bits per heavy atom. The van der Waals surface area contributed by atoms with E-state index in [9.17, 15) is 0 Å². The van der Waals surface area contributed by atoms with Crippen LogP contribution < -0.4 is 0 Å². The third-order valence-corrected chi connectivity index (χ3v) is 5.20. The highest BCUT2D eigenvalue weighted by Crippen LogP contribution is 2.30. The third kappa shape index (κ3) is 3.71. The van der Waals surface area contributed by atoms with Crippen LogP contribution in [0.5, 0.6) is 0 Å². The molecule has 3 heteroatoms. The standard InChI is InChI=1S/C16H33N3/c1-13(2)17(5)9-6-10-19-15-7-8-16(19)12-18(11-15)14(3)4/h13-16H,6-12H2,1-5H3. The number of hydrogen-bond acceptors (Lipinski definition) is 3. The number of fused-ring (bicyclic) bond motifs is 2. The maximum absolute atomic E-state index is 2.81. The normalized spacial score (nSPS) is 29.1. The molecule has 2 aliphatic heterocycles. The lowest BCUT2D eigenvalue weighted by Gasteiger charge is -2.43. The third-order valence-electron chi connectivity index (χ3n) is 5.20. The van der Waals surface area contributed by atoms with Gasteiger partial charge in [-0.3, -0.25) is 9.80 Å². The molecule has 112 valence electrons. The van der Waals surface area contributed by atoms with Gasteiger partial charge < -0.3 is 4.90 Å². The van der Waals surface area contributed by atoms with E-state index in [-0.39, 0.29) is 0 Å². The molecule has 2 saturated heterocycles. The molecule has 2 unspecified atom stereocenters. The van der Waals surface area contributed by atoms with Gasteiger partial charge in [-0.25, -0.2) is 0 Å². The first-order chi connectivity index (χ1) is 8.99. The minimum absolute atomic E-state index is 0.675. The van der Waals surface area contributed by atoms with E-state index in [4.69, 9.17) is 0 Å². The largest absolute Gasteiger partial charge is 0.304 e. The molecule has 2 atom stereocenters. The van der Waals surface area contributed by atoms with Gasteiger partial charge in [-0.2, -0.15) is 0 Å². The summed E-state index contributed by atoms with van der Waals surface area (Å²) >= 11 is 0. The molecule has 0 radical (unpaired) electrons. The summed E-state index contributed by atoms with van der Waals surface area (Å²) in [6.07, 6.45) is 4.17. The van der Waals surface area contributed by atoms with E-state index in [1.54, 1.807) is 0 Å². The second kappa shape index (κ2) is 6.55. The number of rotatable bonds is 6. The Morgan fingerprint density at radius 3 is 2.11 bits per heavy atom. The first-order valence-electron chi connectivity index (χ1n) is 8.19. The lowest BCUT2D eigenvalue weighted by Crippen LogP contribution is -2.55. The summed E-state index contributed by atoms with van der Waals surface area (Å²) in [5.41, 5.74) is 0. The van der Waals surface area contributed by atoms with Crippen molar-refractivity contribution in [3.8, 4) is 0 Å². The Kier molecular flexibility index (Phi) is 5.27. The van der Waals surface area contributed by atoms with Crippen molar-refractivity contribution in [3.63, 3.8) is 0 Å². The highest BCUT2D eigenvalue weighted by atomic mass is 15.3. The number of hydrogen-bond donors (Lipinski definition) is 0. The molecule has 0 N–H and O–H groups in total. The number of likely N-dealkylation sites (tertiary alicyclic amines) is 1. The lowest BCUT2D eigenvalue weighted by atomic mass is 10.1. The van der Waals surface area contributed by atoms with Gasteiger partial charge in [0.05, 0.1) is 0 Å².